The highest BCUT2D eigenvalue weighted by Crippen LogP contribution is 2.12. The molecule has 336 valence electrons. The molecule has 0 aromatic heterocycles. The van der Waals surface area contributed by atoms with Crippen molar-refractivity contribution in [2.75, 3.05) is 13.2 Å². The van der Waals surface area contributed by atoms with Crippen LogP contribution in [-0.4, -0.2) is 37.2 Å². The Labute approximate surface area is 367 Å². The third-order valence-corrected chi connectivity index (χ3v) is 9.29. The second-order valence-corrected chi connectivity index (χ2v) is 15.0. The normalized spacial score (nSPS) is 13.2. The molecule has 60 heavy (non-hydrogen) atoms. The van der Waals surface area contributed by atoms with E-state index in [1.807, 2.05) is 36.5 Å². The maximum Gasteiger partial charge on any atom is 0.306 e. The highest BCUT2D eigenvalue weighted by atomic mass is 16.6. The van der Waals surface area contributed by atoms with Gasteiger partial charge in [-0.05, 0) is 96.3 Å². The van der Waals surface area contributed by atoms with E-state index in [-0.39, 0.29) is 37.5 Å². The zero-order valence-electron chi connectivity index (χ0n) is 38.2. The third-order valence-electron chi connectivity index (χ3n) is 9.29. The highest BCUT2D eigenvalue weighted by molar-refractivity contribution is 5.71. The molecule has 0 amide bonds. The third kappa shape index (κ3) is 44.9. The molecule has 0 N–H and O–H groups in total. The van der Waals surface area contributed by atoms with Crippen molar-refractivity contribution in [1.82, 2.24) is 0 Å². The quantitative estimate of drug-likeness (QED) is 0.0201. The van der Waals surface area contributed by atoms with Crippen molar-refractivity contribution in [2.45, 2.75) is 187 Å². The summed E-state index contributed by atoms with van der Waals surface area (Å²) in [4.78, 5) is 37.8. The summed E-state index contributed by atoms with van der Waals surface area (Å²) < 4.78 is 16.7. The Morgan fingerprint density at radius 1 is 0.367 bits per heavy atom. The van der Waals surface area contributed by atoms with Gasteiger partial charge in [-0.1, -0.05) is 187 Å². The van der Waals surface area contributed by atoms with Gasteiger partial charge in [0.1, 0.15) is 13.2 Å². The first-order valence-corrected chi connectivity index (χ1v) is 23.6. The molecule has 0 aromatic rings. The second-order valence-electron chi connectivity index (χ2n) is 15.0. The first-order chi connectivity index (χ1) is 29.5. The molecule has 0 aromatic carbocycles. The standard InChI is InChI=1S/C54H84O6/c1-4-7-10-13-16-19-22-25-26-27-28-29-30-33-35-38-41-44-47-53(56)59-50-51(60-54(57)48-45-42-39-36-32-24-21-18-15-12-9-6-3)49-58-52(55)46-43-40-37-34-31-23-20-17-14-11-8-5-2/h8-13,16-22,25-29,32,36,51H,4-7,14-15,23-24,30-31,33-35,37-50H2,1-3H3/b11-8-,12-9-,13-10-,19-16-,20-17-,21-18-,25-22-,27-26-,29-28-,36-32-. The molecule has 1 atom stereocenters. The molecule has 6 heteroatoms. The van der Waals surface area contributed by atoms with Crippen molar-refractivity contribution < 1.29 is 28.6 Å². The summed E-state index contributed by atoms with van der Waals surface area (Å²) in [7, 11) is 0. The summed E-state index contributed by atoms with van der Waals surface area (Å²) in [6.07, 6.45) is 64.6. The summed E-state index contributed by atoms with van der Waals surface area (Å²) in [5.41, 5.74) is 0. The predicted molar refractivity (Wildman–Crippen MR) is 256 cm³/mol. The number of carbonyl (C=O) groups is 3. The molecule has 6 nitrogen and oxygen atoms in total. The fourth-order valence-corrected chi connectivity index (χ4v) is 5.82. The molecule has 1 unspecified atom stereocenters. The van der Waals surface area contributed by atoms with E-state index in [1.165, 1.54) is 6.42 Å². The van der Waals surface area contributed by atoms with Gasteiger partial charge in [-0.25, -0.2) is 0 Å². The number of esters is 3. The van der Waals surface area contributed by atoms with Gasteiger partial charge in [0, 0.05) is 19.3 Å². The molecule has 0 bridgehead atoms. The number of hydrogen-bond donors (Lipinski definition) is 0. The number of hydrogen-bond acceptors (Lipinski definition) is 6. The van der Waals surface area contributed by atoms with E-state index < -0.39 is 6.10 Å². The summed E-state index contributed by atoms with van der Waals surface area (Å²) in [5, 5.41) is 0. The molecule has 0 spiro atoms. The van der Waals surface area contributed by atoms with Crippen LogP contribution in [0.2, 0.25) is 0 Å². The van der Waals surface area contributed by atoms with Gasteiger partial charge < -0.3 is 14.2 Å². The summed E-state index contributed by atoms with van der Waals surface area (Å²) in [6.45, 7) is 6.22. The number of allylic oxidation sites excluding steroid dienone is 20. The maximum absolute atomic E-state index is 12.7. The van der Waals surface area contributed by atoms with Crippen molar-refractivity contribution in [3.05, 3.63) is 122 Å². The van der Waals surface area contributed by atoms with Crippen molar-refractivity contribution in [2.24, 2.45) is 0 Å². The highest BCUT2D eigenvalue weighted by Gasteiger charge is 2.19. The van der Waals surface area contributed by atoms with Crippen LogP contribution in [0.1, 0.15) is 181 Å². The number of carbonyl (C=O) groups excluding carboxylic acids is 3. The van der Waals surface area contributed by atoms with E-state index in [0.29, 0.717) is 19.3 Å². The Morgan fingerprint density at radius 3 is 1.20 bits per heavy atom. The molecule has 0 fully saturated rings. The molecule has 0 aliphatic carbocycles. The first-order valence-electron chi connectivity index (χ1n) is 23.6. The SMILES string of the molecule is CC/C=C\C/C=C\C/C=C\CCCCC(=O)OC(COC(=O)CCCCCCC\C=C/C=C\C=C/C=C\C=C/CCC)COC(=O)CCCCCCC/C=C\C/C=C\CC. The van der Waals surface area contributed by atoms with Gasteiger partial charge in [0.15, 0.2) is 6.10 Å². The largest absolute Gasteiger partial charge is 0.462 e. The topological polar surface area (TPSA) is 78.9 Å². The molecule has 0 saturated heterocycles. The van der Waals surface area contributed by atoms with Crippen molar-refractivity contribution in [1.29, 1.82) is 0 Å². The van der Waals surface area contributed by atoms with Crippen molar-refractivity contribution in [3.63, 3.8) is 0 Å². The molecule has 0 aliphatic rings. The average Bonchev–Trinajstić information content (AvgIpc) is 3.24. The Bertz CT molecular complexity index is 1320. The number of rotatable bonds is 40. The molecule has 0 saturated carbocycles. The summed E-state index contributed by atoms with van der Waals surface area (Å²) in [6, 6.07) is 0. The number of ether oxygens (including phenoxy) is 3. The molecule has 0 radical (unpaired) electrons. The Morgan fingerprint density at radius 2 is 0.717 bits per heavy atom. The lowest BCUT2D eigenvalue weighted by Crippen LogP contribution is -2.30. The van der Waals surface area contributed by atoms with Gasteiger partial charge in [0.25, 0.3) is 0 Å². The molecule has 0 rings (SSSR count). The van der Waals surface area contributed by atoms with Crippen LogP contribution in [0.4, 0.5) is 0 Å². The van der Waals surface area contributed by atoms with Gasteiger partial charge in [-0.15, -0.1) is 0 Å². The molecular weight excluding hydrogens is 745 g/mol. The Balaban J connectivity index is 4.51. The lowest BCUT2D eigenvalue weighted by atomic mass is 10.1. The lowest BCUT2D eigenvalue weighted by molar-refractivity contribution is -0.167. The van der Waals surface area contributed by atoms with E-state index in [9.17, 15) is 14.4 Å². The lowest BCUT2D eigenvalue weighted by Gasteiger charge is -2.18. The second kappa shape index (κ2) is 47.5. The van der Waals surface area contributed by atoms with E-state index in [1.54, 1.807) is 0 Å². The molecule has 0 heterocycles. The van der Waals surface area contributed by atoms with Gasteiger partial charge >= 0.3 is 17.9 Å². The number of unbranched alkanes of at least 4 members (excludes halogenated alkanes) is 13. The average molecular weight is 829 g/mol. The minimum absolute atomic E-state index is 0.114. The van der Waals surface area contributed by atoms with E-state index in [4.69, 9.17) is 14.2 Å². The van der Waals surface area contributed by atoms with Gasteiger partial charge in [0.2, 0.25) is 0 Å². The Hall–Kier alpha value is -4.19. The van der Waals surface area contributed by atoms with Crippen LogP contribution in [0, 0.1) is 0 Å². The van der Waals surface area contributed by atoms with E-state index >= 15 is 0 Å². The smallest absolute Gasteiger partial charge is 0.306 e. The molecule has 0 aliphatic heterocycles. The van der Waals surface area contributed by atoms with Crippen LogP contribution in [0.5, 0.6) is 0 Å². The van der Waals surface area contributed by atoms with Crippen molar-refractivity contribution >= 4 is 17.9 Å². The first kappa shape index (κ1) is 55.8. The monoisotopic (exact) mass is 829 g/mol. The zero-order chi connectivity index (χ0) is 43.7. The van der Waals surface area contributed by atoms with E-state index in [2.05, 4.69) is 106 Å². The van der Waals surface area contributed by atoms with Crippen LogP contribution >= 0.6 is 0 Å². The van der Waals surface area contributed by atoms with Crippen LogP contribution in [0.15, 0.2) is 122 Å². The minimum atomic E-state index is -0.816. The van der Waals surface area contributed by atoms with Gasteiger partial charge in [-0.2, -0.15) is 0 Å². The van der Waals surface area contributed by atoms with Crippen LogP contribution in [0.3, 0.4) is 0 Å². The van der Waals surface area contributed by atoms with Gasteiger partial charge in [-0.3, -0.25) is 14.4 Å². The van der Waals surface area contributed by atoms with Crippen LogP contribution < -0.4 is 0 Å². The van der Waals surface area contributed by atoms with Crippen LogP contribution in [-0.2, 0) is 28.6 Å². The zero-order valence-corrected chi connectivity index (χ0v) is 38.2. The predicted octanol–water partition coefficient (Wildman–Crippen LogP) is 15.4. The van der Waals surface area contributed by atoms with Crippen LogP contribution in [0.25, 0.3) is 0 Å². The maximum atomic E-state index is 12.7. The van der Waals surface area contributed by atoms with Crippen molar-refractivity contribution in [3.8, 4) is 0 Å². The minimum Gasteiger partial charge on any atom is -0.462 e. The molecular formula is C54H84O6. The Kier molecular flexibility index (Phi) is 44.2. The fraction of sp³-hybridized carbons (Fsp3) is 0.574. The van der Waals surface area contributed by atoms with E-state index in [0.717, 1.165) is 128 Å². The van der Waals surface area contributed by atoms with Gasteiger partial charge in [0.05, 0.1) is 0 Å². The summed E-state index contributed by atoms with van der Waals surface area (Å²) >= 11 is 0. The fourth-order valence-electron chi connectivity index (χ4n) is 5.82. The summed E-state index contributed by atoms with van der Waals surface area (Å²) in [5.74, 6) is -1.01.